The molecule has 1 rings (SSSR count). The third-order valence-electron chi connectivity index (χ3n) is 2.65. The van der Waals surface area contributed by atoms with Gasteiger partial charge in [0.25, 0.3) is 0 Å². The van der Waals surface area contributed by atoms with Crippen LogP contribution >= 0.6 is 15.9 Å². The fraction of sp³-hybridized carbons (Fsp3) is 0.267. The van der Waals surface area contributed by atoms with Crippen molar-refractivity contribution < 1.29 is 14.6 Å². The molecule has 20 heavy (non-hydrogen) atoms. The molecular weight excluding hydrogens is 322 g/mol. The Labute approximate surface area is 127 Å². The first-order valence-electron chi connectivity index (χ1n) is 6.13. The summed E-state index contributed by atoms with van der Waals surface area (Å²) in [6, 6.07) is 5.71. The van der Waals surface area contributed by atoms with Crippen molar-refractivity contribution in [3.05, 3.63) is 47.0 Å². The number of hydrogen-bond donors (Lipinski definition) is 1. The van der Waals surface area contributed by atoms with Crippen LogP contribution in [0.15, 0.2) is 41.4 Å². The van der Waals surface area contributed by atoms with Gasteiger partial charge in [0, 0.05) is 30.7 Å². The van der Waals surface area contributed by atoms with Crippen LogP contribution in [0.5, 0.6) is 0 Å². The highest BCUT2D eigenvalue weighted by atomic mass is 79.9. The van der Waals surface area contributed by atoms with Gasteiger partial charge in [-0.05, 0) is 39.7 Å². The molecule has 0 saturated heterocycles. The van der Waals surface area contributed by atoms with Crippen LogP contribution in [0.1, 0.15) is 5.56 Å². The minimum atomic E-state index is -0.960. The third-order valence-corrected chi connectivity index (χ3v) is 3.28. The van der Waals surface area contributed by atoms with Gasteiger partial charge in [0.15, 0.2) is 0 Å². The lowest BCUT2D eigenvalue weighted by Gasteiger charge is -2.24. The highest BCUT2D eigenvalue weighted by molar-refractivity contribution is 9.10. The van der Waals surface area contributed by atoms with E-state index < -0.39 is 5.97 Å². The molecule has 1 N–H and O–H groups in total. The topological polar surface area (TPSA) is 49.8 Å². The van der Waals surface area contributed by atoms with Crippen molar-refractivity contribution >= 4 is 33.7 Å². The fourth-order valence-electron chi connectivity index (χ4n) is 1.72. The standard InChI is InChI=1S/C15H18BrNO3/c1-3-8-17(9-10-20-2)14-6-4-12(11-13(14)16)5-7-15(18)19/h3-7,11H,1,8-10H2,2H3,(H,18,19)/b7-5+. The van der Waals surface area contributed by atoms with Gasteiger partial charge in [-0.15, -0.1) is 6.58 Å². The average Bonchev–Trinajstić information content (AvgIpc) is 2.41. The first-order valence-corrected chi connectivity index (χ1v) is 6.93. The largest absolute Gasteiger partial charge is 0.478 e. The maximum absolute atomic E-state index is 10.5. The van der Waals surface area contributed by atoms with Crippen LogP contribution in [-0.4, -0.2) is 37.9 Å². The predicted molar refractivity (Wildman–Crippen MR) is 85.1 cm³/mol. The van der Waals surface area contributed by atoms with Crippen molar-refractivity contribution in [3.63, 3.8) is 0 Å². The Balaban J connectivity index is 2.93. The van der Waals surface area contributed by atoms with Gasteiger partial charge in [0.2, 0.25) is 0 Å². The van der Waals surface area contributed by atoms with Gasteiger partial charge in [0.1, 0.15) is 0 Å². The van der Waals surface area contributed by atoms with Gasteiger partial charge >= 0.3 is 5.97 Å². The Morgan fingerprint density at radius 2 is 2.30 bits per heavy atom. The molecule has 0 saturated carbocycles. The molecule has 1 aromatic carbocycles. The SMILES string of the molecule is C=CCN(CCOC)c1ccc(/C=C/C(=O)O)cc1Br. The van der Waals surface area contributed by atoms with E-state index in [1.54, 1.807) is 13.2 Å². The van der Waals surface area contributed by atoms with Crippen LogP contribution in [0.25, 0.3) is 6.08 Å². The highest BCUT2D eigenvalue weighted by Gasteiger charge is 2.08. The van der Waals surface area contributed by atoms with Gasteiger partial charge in [0.05, 0.1) is 12.3 Å². The molecule has 0 spiro atoms. The van der Waals surface area contributed by atoms with Gasteiger partial charge in [-0.25, -0.2) is 4.79 Å². The number of rotatable bonds is 8. The molecule has 1 aromatic rings. The van der Waals surface area contributed by atoms with Crippen molar-refractivity contribution in [2.24, 2.45) is 0 Å². The van der Waals surface area contributed by atoms with E-state index in [1.807, 2.05) is 24.3 Å². The predicted octanol–water partition coefficient (Wildman–Crippen LogP) is 3.19. The monoisotopic (exact) mass is 339 g/mol. The van der Waals surface area contributed by atoms with E-state index in [1.165, 1.54) is 0 Å². The zero-order valence-electron chi connectivity index (χ0n) is 11.4. The summed E-state index contributed by atoms with van der Waals surface area (Å²) in [5.74, 6) is -0.960. The molecule has 5 heteroatoms. The summed E-state index contributed by atoms with van der Waals surface area (Å²) in [5, 5.41) is 8.62. The van der Waals surface area contributed by atoms with Crippen LogP contribution in [-0.2, 0) is 9.53 Å². The van der Waals surface area contributed by atoms with Crippen LogP contribution in [0.3, 0.4) is 0 Å². The van der Waals surface area contributed by atoms with E-state index in [4.69, 9.17) is 9.84 Å². The number of carboxylic acid groups (broad SMARTS) is 1. The van der Waals surface area contributed by atoms with Crippen molar-refractivity contribution in [1.82, 2.24) is 0 Å². The Kier molecular flexibility index (Phi) is 7.04. The summed E-state index contributed by atoms with van der Waals surface area (Å²) in [6.45, 7) is 5.85. The Morgan fingerprint density at radius 1 is 1.55 bits per heavy atom. The maximum atomic E-state index is 10.5. The Hall–Kier alpha value is -1.59. The van der Waals surface area contributed by atoms with Crippen molar-refractivity contribution in [3.8, 4) is 0 Å². The summed E-state index contributed by atoms with van der Waals surface area (Å²) in [4.78, 5) is 12.6. The summed E-state index contributed by atoms with van der Waals surface area (Å²) in [6.07, 6.45) is 4.51. The molecule has 0 aliphatic rings. The van der Waals surface area contributed by atoms with Crippen LogP contribution in [0.2, 0.25) is 0 Å². The maximum Gasteiger partial charge on any atom is 0.328 e. The lowest BCUT2D eigenvalue weighted by Crippen LogP contribution is -2.27. The summed E-state index contributed by atoms with van der Waals surface area (Å²) >= 11 is 3.52. The van der Waals surface area contributed by atoms with E-state index in [2.05, 4.69) is 27.4 Å². The van der Waals surface area contributed by atoms with Crippen LogP contribution in [0.4, 0.5) is 5.69 Å². The summed E-state index contributed by atoms with van der Waals surface area (Å²) < 4.78 is 6.01. The number of halogens is 1. The second-order valence-electron chi connectivity index (χ2n) is 4.11. The average molecular weight is 340 g/mol. The zero-order valence-corrected chi connectivity index (χ0v) is 13.0. The van der Waals surface area contributed by atoms with E-state index in [0.29, 0.717) is 13.2 Å². The van der Waals surface area contributed by atoms with Crippen LogP contribution in [0, 0.1) is 0 Å². The van der Waals surface area contributed by atoms with Crippen molar-refractivity contribution in [2.75, 3.05) is 31.7 Å². The van der Waals surface area contributed by atoms with Gasteiger partial charge in [-0.3, -0.25) is 0 Å². The molecule has 4 nitrogen and oxygen atoms in total. The molecule has 0 aromatic heterocycles. The second-order valence-corrected chi connectivity index (χ2v) is 4.96. The first-order chi connectivity index (χ1) is 9.58. The number of ether oxygens (including phenoxy) is 1. The molecule has 0 amide bonds. The number of carboxylic acids is 1. The Bertz CT molecular complexity index is 500. The molecule has 0 fully saturated rings. The molecule has 0 aliphatic heterocycles. The fourth-order valence-corrected chi connectivity index (χ4v) is 2.37. The number of aliphatic carboxylic acids is 1. The molecule has 0 atom stereocenters. The number of carbonyl (C=O) groups is 1. The smallest absolute Gasteiger partial charge is 0.328 e. The number of nitrogens with zero attached hydrogens (tertiary/aromatic N) is 1. The lowest BCUT2D eigenvalue weighted by molar-refractivity contribution is -0.131. The molecule has 0 bridgehead atoms. The molecular formula is C15H18BrNO3. The number of anilines is 1. The molecule has 0 heterocycles. The van der Waals surface area contributed by atoms with E-state index in [-0.39, 0.29) is 0 Å². The lowest BCUT2D eigenvalue weighted by atomic mass is 10.2. The second kappa shape index (κ2) is 8.55. The molecule has 0 unspecified atom stereocenters. The molecule has 108 valence electrons. The van der Waals surface area contributed by atoms with Crippen molar-refractivity contribution in [2.45, 2.75) is 0 Å². The first kappa shape index (κ1) is 16.5. The Morgan fingerprint density at radius 3 is 2.85 bits per heavy atom. The van der Waals surface area contributed by atoms with Crippen LogP contribution < -0.4 is 4.90 Å². The normalized spacial score (nSPS) is 10.7. The zero-order chi connectivity index (χ0) is 15.0. The quantitative estimate of drug-likeness (QED) is 0.583. The van der Waals surface area contributed by atoms with E-state index >= 15 is 0 Å². The van der Waals surface area contributed by atoms with Gasteiger partial charge < -0.3 is 14.7 Å². The number of benzene rings is 1. The third kappa shape index (κ3) is 5.19. The summed E-state index contributed by atoms with van der Waals surface area (Å²) in [5.41, 5.74) is 1.85. The van der Waals surface area contributed by atoms with Gasteiger partial charge in [-0.1, -0.05) is 12.1 Å². The summed E-state index contributed by atoms with van der Waals surface area (Å²) in [7, 11) is 1.67. The molecule has 0 aliphatic carbocycles. The number of hydrogen-bond acceptors (Lipinski definition) is 3. The minimum absolute atomic E-state index is 0.626. The van der Waals surface area contributed by atoms with Gasteiger partial charge in [-0.2, -0.15) is 0 Å². The number of methoxy groups -OCH3 is 1. The highest BCUT2D eigenvalue weighted by Crippen LogP contribution is 2.27. The molecule has 0 radical (unpaired) electrons. The van der Waals surface area contributed by atoms with E-state index in [0.717, 1.165) is 28.3 Å². The van der Waals surface area contributed by atoms with Crippen molar-refractivity contribution in [1.29, 1.82) is 0 Å². The minimum Gasteiger partial charge on any atom is -0.478 e. The van der Waals surface area contributed by atoms with E-state index in [9.17, 15) is 4.79 Å².